The number of hydrogen-bond acceptors (Lipinski definition) is 5. The molecule has 0 saturated carbocycles. The lowest BCUT2D eigenvalue weighted by molar-refractivity contribution is 0.102. The molecule has 3 N–H and O–H groups in total. The van der Waals surface area contributed by atoms with Crippen LogP contribution in [0.3, 0.4) is 0 Å². The van der Waals surface area contributed by atoms with Gasteiger partial charge in [0.15, 0.2) is 5.69 Å². The summed E-state index contributed by atoms with van der Waals surface area (Å²) < 4.78 is 0.882. The third-order valence-electron chi connectivity index (χ3n) is 2.21. The van der Waals surface area contributed by atoms with E-state index in [1.807, 2.05) is 6.92 Å². The minimum Gasteiger partial charge on any atom is -0.382 e. The zero-order valence-corrected chi connectivity index (χ0v) is 11.1. The Hall–Kier alpha value is -2.02. The maximum atomic E-state index is 11.8. The summed E-state index contributed by atoms with van der Waals surface area (Å²) in [6.07, 6.45) is 1.62. The monoisotopic (exact) mass is 307 g/mol. The topological polar surface area (TPSA) is 93.8 Å². The van der Waals surface area contributed by atoms with Gasteiger partial charge in [-0.15, -0.1) is 10.2 Å². The van der Waals surface area contributed by atoms with Crippen molar-refractivity contribution in [2.75, 3.05) is 11.1 Å². The molecule has 18 heavy (non-hydrogen) atoms. The van der Waals surface area contributed by atoms with E-state index in [4.69, 9.17) is 5.73 Å². The third-order valence-corrected chi connectivity index (χ3v) is 3.04. The van der Waals surface area contributed by atoms with Gasteiger partial charge in [0.2, 0.25) is 0 Å². The van der Waals surface area contributed by atoms with Gasteiger partial charge in [0.25, 0.3) is 5.91 Å². The highest BCUT2D eigenvalue weighted by Crippen LogP contribution is 2.17. The quantitative estimate of drug-likeness (QED) is 0.882. The SMILES string of the molecule is Cc1cc(NC(=O)c2ccc(N)nn2)ncc1Br. The first-order valence-electron chi connectivity index (χ1n) is 5.09. The summed E-state index contributed by atoms with van der Waals surface area (Å²) in [5.41, 5.74) is 6.56. The highest BCUT2D eigenvalue weighted by atomic mass is 79.9. The molecule has 2 rings (SSSR count). The van der Waals surface area contributed by atoms with Crippen LogP contribution < -0.4 is 11.1 Å². The first-order chi connectivity index (χ1) is 8.56. The standard InChI is InChI=1S/C11H10BrN5O/c1-6-4-10(14-5-7(6)12)15-11(18)8-2-3-9(13)17-16-8/h2-5H,1H3,(H2,13,17)(H,14,15,18). The molecule has 0 bridgehead atoms. The molecule has 0 atom stereocenters. The molecular formula is C11H10BrN5O. The minimum atomic E-state index is -0.378. The Kier molecular flexibility index (Phi) is 3.52. The number of nitrogens with one attached hydrogen (secondary N) is 1. The van der Waals surface area contributed by atoms with E-state index in [9.17, 15) is 4.79 Å². The van der Waals surface area contributed by atoms with Crippen LogP contribution in [0, 0.1) is 6.92 Å². The molecule has 6 nitrogen and oxygen atoms in total. The number of hydrogen-bond donors (Lipinski definition) is 2. The molecule has 0 unspecified atom stereocenters. The molecule has 0 aromatic carbocycles. The normalized spacial score (nSPS) is 10.1. The van der Waals surface area contributed by atoms with Gasteiger partial charge >= 0.3 is 0 Å². The molecule has 1 amide bonds. The maximum Gasteiger partial charge on any atom is 0.277 e. The van der Waals surface area contributed by atoms with Crippen LogP contribution in [0.1, 0.15) is 16.1 Å². The van der Waals surface area contributed by atoms with E-state index in [1.54, 1.807) is 12.3 Å². The van der Waals surface area contributed by atoms with Gasteiger partial charge in [-0.1, -0.05) is 0 Å². The van der Waals surface area contributed by atoms with Crippen molar-refractivity contribution in [2.45, 2.75) is 6.92 Å². The van der Waals surface area contributed by atoms with E-state index in [2.05, 4.69) is 36.4 Å². The Bertz CT molecular complexity index is 584. The fourth-order valence-electron chi connectivity index (χ4n) is 1.25. The van der Waals surface area contributed by atoms with Crippen LogP contribution in [0.4, 0.5) is 11.6 Å². The molecular weight excluding hydrogens is 298 g/mol. The van der Waals surface area contributed by atoms with Crippen LogP contribution in [0.5, 0.6) is 0 Å². The van der Waals surface area contributed by atoms with Crippen LogP contribution in [0.2, 0.25) is 0 Å². The fourth-order valence-corrected chi connectivity index (χ4v) is 1.47. The number of rotatable bonds is 2. The van der Waals surface area contributed by atoms with Crippen molar-refractivity contribution in [1.82, 2.24) is 15.2 Å². The molecule has 0 saturated heterocycles. The number of nitrogen functional groups attached to an aromatic ring is 1. The van der Waals surface area contributed by atoms with E-state index in [1.165, 1.54) is 12.1 Å². The third kappa shape index (κ3) is 2.80. The van der Waals surface area contributed by atoms with Gasteiger partial charge in [0.1, 0.15) is 11.6 Å². The van der Waals surface area contributed by atoms with Gasteiger partial charge in [-0.05, 0) is 46.6 Å². The molecule has 0 radical (unpaired) electrons. The van der Waals surface area contributed by atoms with Crippen molar-refractivity contribution in [2.24, 2.45) is 0 Å². The predicted octanol–water partition coefficient (Wildman–Crippen LogP) is 1.78. The molecule has 0 aliphatic carbocycles. The summed E-state index contributed by atoms with van der Waals surface area (Å²) in [7, 11) is 0. The Balaban J connectivity index is 2.16. The van der Waals surface area contributed by atoms with Gasteiger partial charge in [-0.3, -0.25) is 4.79 Å². The molecule has 2 aromatic heterocycles. The summed E-state index contributed by atoms with van der Waals surface area (Å²) in [5.74, 6) is 0.347. The maximum absolute atomic E-state index is 11.8. The summed E-state index contributed by atoms with van der Waals surface area (Å²) in [6, 6.07) is 4.78. The number of aromatic nitrogens is 3. The number of nitrogens with zero attached hydrogens (tertiary/aromatic N) is 3. The predicted molar refractivity (Wildman–Crippen MR) is 71.1 cm³/mol. The van der Waals surface area contributed by atoms with Crippen molar-refractivity contribution in [3.8, 4) is 0 Å². The van der Waals surface area contributed by atoms with Crippen LogP contribution in [-0.4, -0.2) is 21.1 Å². The van der Waals surface area contributed by atoms with Gasteiger partial charge in [-0.2, -0.15) is 0 Å². The highest BCUT2D eigenvalue weighted by Gasteiger charge is 2.09. The lowest BCUT2D eigenvalue weighted by Gasteiger charge is -2.05. The van der Waals surface area contributed by atoms with Crippen molar-refractivity contribution in [1.29, 1.82) is 0 Å². The molecule has 92 valence electrons. The Morgan fingerprint density at radius 2 is 2.17 bits per heavy atom. The smallest absolute Gasteiger partial charge is 0.277 e. The number of pyridine rings is 1. The van der Waals surface area contributed by atoms with Crippen LogP contribution in [0.15, 0.2) is 28.9 Å². The number of carbonyl (C=O) groups excluding carboxylic acids is 1. The molecule has 2 heterocycles. The molecule has 0 spiro atoms. The molecule has 0 aliphatic rings. The van der Waals surface area contributed by atoms with Gasteiger partial charge < -0.3 is 11.1 Å². The molecule has 2 aromatic rings. The van der Waals surface area contributed by atoms with E-state index in [0.29, 0.717) is 5.82 Å². The van der Waals surface area contributed by atoms with Crippen LogP contribution in [-0.2, 0) is 0 Å². The van der Waals surface area contributed by atoms with Gasteiger partial charge in [-0.25, -0.2) is 4.98 Å². The minimum absolute atomic E-state index is 0.187. The molecule has 0 fully saturated rings. The number of nitrogens with two attached hydrogens (primary N) is 1. The van der Waals surface area contributed by atoms with Crippen molar-refractivity contribution >= 4 is 33.5 Å². The first kappa shape index (κ1) is 12.4. The number of anilines is 2. The summed E-state index contributed by atoms with van der Waals surface area (Å²) in [6.45, 7) is 1.91. The average molecular weight is 308 g/mol. The summed E-state index contributed by atoms with van der Waals surface area (Å²) >= 11 is 3.34. The number of carbonyl (C=O) groups is 1. The molecule has 0 aliphatic heterocycles. The fraction of sp³-hybridized carbons (Fsp3) is 0.0909. The van der Waals surface area contributed by atoms with Crippen LogP contribution in [0.25, 0.3) is 0 Å². The Labute approximate surface area is 112 Å². The zero-order chi connectivity index (χ0) is 13.1. The largest absolute Gasteiger partial charge is 0.382 e. The number of amides is 1. The highest BCUT2D eigenvalue weighted by molar-refractivity contribution is 9.10. The Morgan fingerprint density at radius 3 is 2.78 bits per heavy atom. The second-order valence-corrected chi connectivity index (χ2v) is 4.47. The van der Waals surface area contributed by atoms with E-state index in [-0.39, 0.29) is 17.4 Å². The summed E-state index contributed by atoms with van der Waals surface area (Å²) in [5, 5.41) is 9.93. The van der Waals surface area contributed by atoms with Crippen molar-refractivity contribution < 1.29 is 4.79 Å². The average Bonchev–Trinajstić information content (AvgIpc) is 2.34. The van der Waals surface area contributed by atoms with Crippen molar-refractivity contribution in [3.05, 3.63) is 40.1 Å². The van der Waals surface area contributed by atoms with E-state index in [0.717, 1.165) is 10.0 Å². The lowest BCUT2D eigenvalue weighted by atomic mass is 10.3. The zero-order valence-electron chi connectivity index (χ0n) is 9.51. The second-order valence-electron chi connectivity index (χ2n) is 3.62. The van der Waals surface area contributed by atoms with E-state index >= 15 is 0 Å². The van der Waals surface area contributed by atoms with Crippen LogP contribution >= 0.6 is 15.9 Å². The Morgan fingerprint density at radius 1 is 1.39 bits per heavy atom. The number of halogens is 1. The lowest BCUT2D eigenvalue weighted by Crippen LogP contribution is -2.15. The first-order valence-corrected chi connectivity index (χ1v) is 5.88. The van der Waals surface area contributed by atoms with E-state index < -0.39 is 0 Å². The van der Waals surface area contributed by atoms with Gasteiger partial charge in [0, 0.05) is 10.7 Å². The van der Waals surface area contributed by atoms with Crippen molar-refractivity contribution in [3.63, 3.8) is 0 Å². The second kappa shape index (κ2) is 5.09. The summed E-state index contributed by atoms with van der Waals surface area (Å²) in [4.78, 5) is 15.9. The number of aryl methyl sites for hydroxylation is 1. The molecule has 7 heteroatoms. The van der Waals surface area contributed by atoms with Gasteiger partial charge in [0.05, 0.1) is 0 Å².